The highest BCUT2D eigenvalue weighted by atomic mass is 19.4. The number of amides is 2. The maximum absolute atomic E-state index is 12.9. The van der Waals surface area contributed by atoms with Crippen molar-refractivity contribution in [3.8, 4) is 0 Å². The topological polar surface area (TPSA) is 58.2 Å². The predicted octanol–water partition coefficient (Wildman–Crippen LogP) is 2.92. The second-order valence-corrected chi connectivity index (χ2v) is 6.47. The Balaban J connectivity index is 1.82. The van der Waals surface area contributed by atoms with Crippen LogP contribution < -0.4 is 10.6 Å². The molecule has 1 aliphatic rings. The van der Waals surface area contributed by atoms with Crippen LogP contribution in [-0.4, -0.2) is 25.4 Å². The Morgan fingerprint density at radius 3 is 2.36 bits per heavy atom. The van der Waals surface area contributed by atoms with Crippen LogP contribution in [0.1, 0.15) is 36.8 Å². The minimum atomic E-state index is -4.46. The first-order valence-corrected chi connectivity index (χ1v) is 8.44. The van der Waals surface area contributed by atoms with Gasteiger partial charge in [-0.2, -0.15) is 13.2 Å². The van der Waals surface area contributed by atoms with E-state index in [1.54, 1.807) is 7.05 Å². The van der Waals surface area contributed by atoms with Crippen LogP contribution in [0.2, 0.25) is 0 Å². The van der Waals surface area contributed by atoms with Crippen molar-refractivity contribution in [1.29, 1.82) is 0 Å². The first-order chi connectivity index (χ1) is 11.8. The highest BCUT2D eigenvalue weighted by Gasteiger charge is 2.33. The third-order valence-corrected chi connectivity index (χ3v) is 4.73. The molecule has 7 heteroatoms. The molecular weight excluding hydrogens is 333 g/mol. The Kier molecular flexibility index (Phi) is 6.45. The van der Waals surface area contributed by atoms with Gasteiger partial charge in [-0.15, -0.1) is 0 Å². The van der Waals surface area contributed by atoms with Crippen molar-refractivity contribution in [3.05, 3.63) is 35.4 Å². The zero-order valence-electron chi connectivity index (χ0n) is 14.2. The molecule has 1 fully saturated rings. The number of hydrogen-bond donors (Lipinski definition) is 2. The number of benzene rings is 1. The number of nitrogens with one attached hydrogen (secondary N) is 2. The van der Waals surface area contributed by atoms with Crippen LogP contribution in [0.4, 0.5) is 13.2 Å². The number of alkyl halides is 3. The molecule has 0 saturated heterocycles. The molecular formula is C18H23F3N2O2. The van der Waals surface area contributed by atoms with E-state index in [4.69, 9.17) is 0 Å². The molecule has 138 valence electrons. The molecule has 0 aliphatic heterocycles. The van der Waals surface area contributed by atoms with E-state index in [-0.39, 0.29) is 29.7 Å². The maximum atomic E-state index is 12.9. The molecule has 1 saturated carbocycles. The summed E-state index contributed by atoms with van der Waals surface area (Å²) in [7, 11) is 1.62. The largest absolute Gasteiger partial charge is 0.416 e. The SMILES string of the molecule is CNC(=O)C1CCC(CNC(=O)Cc2ccccc2C(F)(F)F)CC1. The third-order valence-electron chi connectivity index (χ3n) is 4.73. The van der Waals surface area contributed by atoms with E-state index in [9.17, 15) is 22.8 Å². The number of halogens is 3. The van der Waals surface area contributed by atoms with Crippen molar-refractivity contribution in [2.24, 2.45) is 11.8 Å². The molecule has 1 aliphatic carbocycles. The van der Waals surface area contributed by atoms with Crippen molar-refractivity contribution >= 4 is 11.8 Å². The highest BCUT2D eigenvalue weighted by molar-refractivity contribution is 5.79. The first-order valence-electron chi connectivity index (χ1n) is 8.44. The summed E-state index contributed by atoms with van der Waals surface area (Å²) in [6, 6.07) is 5.13. The van der Waals surface area contributed by atoms with E-state index in [0.29, 0.717) is 6.54 Å². The van der Waals surface area contributed by atoms with Crippen LogP contribution in [0.3, 0.4) is 0 Å². The van der Waals surface area contributed by atoms with Crippen LogP contribution in [0.25, 0.3) is 0 Å². The van der Waals surface area contributed by atoms with Crippen LogP contribution in [0.5, 0.6) is 0 Å². The van der Waals surface area contributed by atoms with Crippen LogP contribution in [-0.2, 0) is 22.2 Å². The summed E-state index contributed by atoms with van der Waals surface area (Å²) in [4.78, 5) is 23.6. The molecule has 0 heterocycles. The van der Waals surface area contributed by atoms with Gasteiger partial charge in [-0.05, 0) is 43.2 Å². The lowest BCUT2D eigenvalue weighted by atomic mass is 9.81. The molecule has 0 aromatic heterocycles. The van der Waals surface area contributed by atoms with Gasteiger partial charge in [0.1, 0.15) is 0 Å². The summed E-state index contributed by atoms with van der Waals surface area (Å²) in [6.07, 6.45) is -1.54. The quantitative estimate of drug-likeness (QED) is 0.852. The molecule has 0 unspecified atom stereocenters. The molecule has 2 rings (SSSR count). The van der Waals surface area contributed by atoms with Crippen LogP contribution >= 0.6 is 0 Å². The van der Waals surface area contributed by atoms with Crippen molar-refractivity contribution in [2.45, 2.75) is 38.3 Å². The molecule has 4 nitrogen and oxygen atoms in total. The van der Waals surface area contributed by atoms with Crippen molar-refractivity contribution < 1.29 is 22.8 Å². The van der Waals surface area contributed by atoms with Crippen molar-refractivity contribution in [1.82, 2.24) is 10.6 Å². The molecule has 1 aromatic carbocycles. The lowest BCUT2D eigenvalue weighted by molar-refractivity contribution is -0.138. The van der Waals surface area contributed by atoms with Gasteiger partial charge in [-0.3, -0.25) is 9.59 Å². The number of rotatable bonds is 5. The molecule has 0 radical (unpaired) electrons. The third kappa shape index (κ3) is 5.47. The Morgan fingerprint density at radius 2 is 1.76 bits per heavy atom. The molecule has 0 spiro atoms. The number of carbonyl (C=O) groups excluding carboxylic acids is 2. The van der Waals surface area contributed by atoms with E-state index in [1.165, 1.54) is 18.2 Å². The summed E-state index contributed by atoms with van der Waals surface area (Å²) in [5, 5.41) is 5.37. The van der Waals surface area contributed by atoms with E-state index >= 15 is 0 Å². The van der Waals surface area contributed by atoms with Gasteiger partial charge in [0, 0.05) is 19.5 Å². The molecule has 1 aromatic rings. The molecule has 0 bridgehead atoms. The second-order valence-electron chi connectivity index (χ2n) is 6.47. The van der Waals surface area contributed by atoms with E-state index < -0.39 is 17.6 Å². The second kappa shape index (κ2) is 8.36. The summed E-state index contributed by atoms with van der Waals surface area (Å²) in [5.41, 5.74) is -0.785. The minimum Gasteiger partial charge on any atom is -0.359 e. The Bertz CT molecular complexity index is 609. The fraction of sp³-hybridized carbons (Fsp3) is 0.556. The zero-order chi connectivity index (χ0) is 18.4. The van der Waals surface area contributed by atoms with Gasteiger partial charge in [0.05, 0.1) is 12.0 Å². The van der Waals surface area contributed by atoms with Crippen LogP contribution in [0, 0.1) is 11.8 Å². The van der Waals surface area contributed by atoms with Crippen LogP contribution in [0.15, 0.2) is 24.3 Å². The van der Waals surface area contributed by atoms with Gasteiger partial charge >= 0.3 is 6.18 Å². The smallest absolute Gasteiger partial charge is 0.359 e. The van der Waals surface area contributed by atoms with Crippen molar-refractivity contribution in [2.75, 3.05) is 13.6 Å². The zero-order valence-corrected chi connectivity index (χ0v) is 14.2. The van der Waals surface area contributed by atoms with Gasteiger partial charge < -0.3 is 10.6 Å². The molecule has 2 amide bonds. The molecule has 0 atom stereocenters. The summed E-state index contributed by atoms with van der Waals surface area (Å²) >= 11 is 0. The van der Waals surface area contributed by atoms with Gasteiger partial charge in [-0.25, -0.2) is 0 Å². The summed E-state index contributed by atoms with van der Waals surface area (Å²) in [5.74, 6) is -0.0744. The van der Waals surface area contributed by atoms with E-state index in [0.717, 1.165) is 31.7 Å². The fourth-order valence-corrected chi connectivity index (χ4v) is 3.28. The number of hydrogen-bond acceptors (Lipinski definition) is 2. The van der Waals surface area contributed by atoms with E-state index in [2.05, 4.69) is 10.6 Å². The Morgan fingerprint density at radius 1 is 1.12 bits per heavy atom. The van der Waals surface area contributed by atoms with Gasteiger partial charge in [-0.1, -0.05) is 18.2 Å². The summed E-state index contributed by atoms with van der Waals surface area (Å²) in [6.45, 7) is 0.438. The number of carbonyl (C=O) groups is 2. The fourth-order valence-electron chi connectivity index (χ4n) is 3.28. The minimum absolute atomic E-state index is 0.0178. The maximum Gasteiger partial charge on any atom is 0.416 e. The van der Waals surface area contributed by atoms with Gasteiger partial charge in [0.25, 0.3) is 0 Å². The average molecular weight is 356 g/mol. The molecule has 25 heavy (non-hydrogen) atoms. The van der Waals surface area contributed by atoms with Gasteiger partial charge in [0.15, 0.2) is 0 Å². The lowest BCUT2D eigenvalue weighted by Crippen LogP contribution is -2.35. The lowest BCUT2D eigenvalue weighted by Gasteiger charge is -2.27. The predicted molar refractivity (Wildman–Crippen MR) is 87.7 cm³/mol. The Labute approximate surface area is 145 Å². The highest BCUT2D eigenvalue weighted by Crippen LogP contribution is 2.32. The normalized spacial score (nSPS) is 20.8. The average Bonchev–Trinajstić information content (AvgIpc) is 2.59. The first kappa shape index (κ1) is 19.3. The monoisotopic (exact) mass is 356 g/mol. The molecule has 2 N–H and O–H groups in total. The van der Waals surface area contributed by atoms with Crippen molar-refractivity contribution in [3.63, 3.8) is 0 Å². The summed E-state index contributed by atoms with van der Waals surface area (Å²) < 4.78 is 38.8. The Hall–Kier alpha value is -2.05. The van der Waals surface area contributed by atoms with Gasteiger partial charge in [0.2, 0.25) is 11.8 Å². The standard InChI is InChI=1S/C18H23F3N2O2/c1-22-17(25)13-8-6-12(7-9-13)11-23-16(24)10-14-4-2-3-5-15(14)18(19,20)21/h2-5,12-13H,6-11H2,1H3,(H,22,25)(H,23,24). The van der Waals surface area contributed by atoms with E-state index in [1.807, 2.05) is 0 Å².